The molecule has 7 fully saturated rings. The summed E-state index contributed by atoms with van der Waals surface area (Å²) in [6.45, 7) is 14.2. The molecule has 30 atom stereocenters. The molecule has 88 heavy (non-hydrogen) atoms. The van der Waals surface area contributed by atoms with Gasteiger partial charge in [-0.2, -0.15) is 0 Å². The Bertz CT molecular complexity index is 2530. The summed E-state index contributed by atoms with van der Waals surface area (Å²) in [6, 6.07) is -3.02. The smallest absolute Gasteiger partial charge is 0.217 e. The van der Waals surface area contributed by atoms with Crippen molar-refractivity contribution in [1.29, 1.82) is 0 Å². The summed E-state index contributed by atoms with van der Waals surface area (Å²) >= 11 is 0. The zero-order valence-electron chi connectivity index (χ0n) is 51.6. The van der Waals surface area contributed by atoms with Crippen molar-refractivity contribution in [2.45, 2.75) is 255 Å². The Hall–Kier alpha value is -3.05. The highest BCUT2D eigenvalue weighted by Gasteiger charge is 2.61. The molecule has 0 spiro atoms. The van der Waals surface area contributed by atoms with Crippen molar-refractivity contribution in [2.24, 2.45) is 39.9 Å². The molecule has 2 saturated carbocycles. The zero-order valence-corrected chi connectivity index (χ0v) is 51.6. The summed E-state index contributed by atoms with van der Waals surface area (Å²) in [7, 11) is 0. The Labute approximate surface area is 512 Å². The topological polar surface area (TPSA) is 410 Å². The van der Waals surface area contributed by atoms with Gasteiger partial charge in [0.1, 0.15) is 110 Å². The monoisotopic (exact) mass is 1260 g/mol. The molecule has 5 saturated heterocycles. The molecule has 27 nitrogen and oxygen atoms in total. The molecule has 0 aromatic heterocycles. The number of aliphatic hydroxyl groups excluding tert-OH is 12. The number of allylic oxidation sites excluding steroid dienone is 6. The van der Waals surface area contributed by atoms with Crippen molar-refractivity contribution in [1.82, 2.24) is 10.6 Å². The first-order valence-corrected chi connectivity index (χ1v) is 31.0. The minimum absolute atomic E-state index is 0.0114. The number of rotatable bonds is 19. The van der Waals surface area contributed by atoms with Crippen LogP contribution >= 0.6 is 0 Å². The summed E-state index contributed by atoms with van der Waals surface area (Å²) in [4.78, 5) is 38.3. The maximum atomic E-state index is 13.0. The Balaban J connectivity index is 0.975. The van der Waals surface area contributed by atoms with Gasteiger partial charge in [0.25, 0.3) is 0 Å². The predicted octanol–water partition coefficient (Wildman–Crippen LogP) is -2.27. The first kappa shape index (κ1) is 69.3. The second-order valence-corrected chi connectivity index (χ2v) is 27.3. The molecule has 9 aliphatic rings. The van der Waals surface area contributed by atoms with E-state index in [-0.39, 0.29) is 28.4 Å². The van der Waals surface area contributed by atoms with Crippen LogP contribution in [0.3, 0.4) is 0 Å². The van der Waals surface area contributed by atoms with Crippen molar-refractivity contribution in [3.63, 3.8) is 0 Å². The van der Waals surface area contributed by atoms with Gasteiger partial charge in [0, 0.05) is 20.3 Å². The van der Waals surface area contributed by atoms with Gasteiger partial charge in [0.05, 0.1) is 39.1 Å². The van der Waals surface area contributed by atoms with Crippen LogP contribution in [0.25, 0.3) is 0 Å². The van der Waals surface area contributed by atoms with Gasteiger partial charge in [0.2, 0.25) is 11.8 Å². The fourth-order valence-electron chi connectivity index (χ4n) is 16.0. The van der Waals surface area contributed by atoms with Crippen LogP contribution in [0.5, 0.6) is 0 Å². The van der Waals surface area contributed by atoms with Crippen LogP contribution in [0.2, 0.25) is 0 Å². The van der Waals surface area contributed by atoms with Crippen molar-refractivity contribution < 1.29 is 123 Å². The molecule has 5 aliphatic heterocycles. The van der Waals surface area contributed by atoms with Crippen molar-refractivity contribution in [3.8, 4) is 0 Å². The lowest BCUT2D eigenvalue weighted by Gasteiger charge is -2.60. The highest BCUT2D eigenvalue weighted by molar-refractivity contribution is 5.90. The van der Waals surface area contributed by atoms with Crippen molar-refractivity contribution >= 4 is 17.6 Å². The molecular formula is C61H96N2O25. The molecule has 0 radical (unpaired) electrons. The summed E-state index contributed by atoms with van der Waals surface area (Å²) in [5.74, 6) is -0.208. The summed E-state index contributed by atoms with van der Waals surface area (Å²) in [5.41, 5.74) is 2.87. The molecular weight excluding hydrogens is 1160 g/mol. The second kappa shape index (κ2) is 27.9. The number of fused-ring (bicyclic) bond motifs is 5. The van der Waals surface area contributed by atoms with Crippen LogP contribution < -0.4 is 10.6 Å². The Morgan fingerprint density at radius 3 is 1.83 bits per heavy atom. The van der Waals surface area contributed by atoms with E-state index in [9.17, 15) is 75.7 Å². The van der Waals surface area contributed by atoms with E-state index in [2.05, 4.69) is 57.4 Å². The third-order valence-electron chi connectivity index (χ3n) is 20.7. The maximum absolute atomic E-state index is 13.0. The lowest BCUT2D eigenvalue weighted by atomic mass is 9.46. The lowest BCUT2D eigenvalue weighted by molar-refractivity contribution is -0.374. The van der Waals surface area contributed by atoms with Crippen molar-refractivity contribution in [2.75, 3.05) is 33.0 Å². The number of ketones is 1. The summed E-state index contributed by atoms with van der Waals surface area (Å²) in [6.07, 6.45) is -24.1. The van der Waals surface area contributed by atoms with E-state index < -0.39 is 198 Å². The lowest BCUT2D eigenvalue weighted by Crippen LogP contribution is -2.68. The molecule has 0 aromatic carbocycles. The zero-order chi connectivity index (χ0) is 64.2. The maximum Gasteiger partial charge on any atom is 0.217 e. The van der Waals surface area contributed by atoms with E-state index in [1.54, 1.807) is 6.08 Å². The Morgan fingerprint density at radius 2 is 1.20 bits per heavy atom. The van der Waals surface area contributed by atoms with E-state index in [1.165, 1.54) is 11.1 Å². The number of carbonyl (C=O) groups excluding carboxylic acids is 3. The highest BCUT2D eigenvalue weighted by atomic mass is 16.8. The normalized spacial score (nSPS) is 47.0. The van der Waals surface area contributed by atoms with E-state index in [0.29, 0.717) is 31.1 Å². The third-order valence-corrected chi connectivity index (χ3v) is 20.7. The molecule has 14 N–H and O–H groups in total. The van der Waals surface area contributed by atoms with Gasteiger partial charge >= 0.3 is 0 Å². The number of hydrogen-bond acceptors (Lipinski definition) is 25. The van der Waals surface area contributed by atoms with Crippen LogP contribution in [-0.2, 0) is 61.8 Å². The second-order valence-electron chi connectivity index (χ2n) is 27.3. The number of ether oxygens (including phenoxy) is 10. The average molecular weight is 1260 g/mol. The largest absolute Gasteiger partial charge is 0.394 e. The molecule has 0 bridgehead atoms. The molecule has 9 rings (SSSR count). The van der Waals surface area contributed by atoms with Crippen LogP contribution in [0.1, 0.15) is 107 Å². The first-order valence-electron chi connectivity index (χ1n) is 31.0. The number of nitrogens with one attached hydrogen (secondary N) is 2. The number of carbonyl (C=O) groups is 3. The summed E-state index contributed by atoms with van der Waals surface area (Å²) in [5, 5.41) is 136. The SMILES string of the molecule is CC(=O)N[C@H]1[C@H](O[C@@H]2CO[C@@H](O[C@H]3CC[C@]4(C)C5=CC[C@]6(C)[C@@H]([C@H](C)CC(=O)C=C(C)C)CC[C@H]6C5=CC[C@H]4C3(C)C)[C@H](O[C@@H]3O[C@H](CO[C@@H]4OC[C@@H](O)[C@H](O)[C@H]4O[C@@H]4O[C@H](CO)[C@@H](O)[C@H](O)[C@H]4O)[C@@H](O)[C@H](O)[C@H]3NC(C)=O)[C@H]2O)O[C@H](CO)[C@H](O)[C@@H]1O. The number of amides is 2. The van der Waals surface area contributed by atoms with E-state index in [0.717, 1.165) is 45.1 Å². The fourth-order valence-corrected chi connectivity index (χ4v) is 16.0. The molecule has 0 aromatic rings. The van der Waals surface area contributed by atoms with Gasteiger partial charge in [0.15, 0.2) is 37.2 Å². The molecule has 500 valence electrons. The predicted molar refractivity (Wildman–Crippen MR) is 303 cm³/mol. The Morgan fingerprint density at radius 1 is 0.636 bits per heavy atom. The van der Waals surface area contributed by atoms with Crippen LogP contribution in [-0.4, -0.2) is 259 Å². The number of hydrogen-bond donors (Lipinski definition) is 14. The quantitative estimate of drug-likeness (QED) is 0.0607. The van der Waals surface area contributed by atoms with E-state index in [4.69, 9.17) is 47.4 Å². The van der Waals surface area contributed by atoms with Gasteiger partial charge in [-0.1, -0.05) is 52.3 Å². The van der Waals surface area contributed by atoms with E-state index in [1.807, 2.05) is 13.8 Å². The molecule has 2 amide bonds. The first-order chi connectivity index (χ1) is 41.4. The van der Waals surface area contributed by atoms with Crippen LogP contribution in [0, 0.1) is 39.9 Å². The summed E-state index contributed by atoms with van der Waals surface area (Å²) < 4.78 is 61.6. The molecule has 5 heterocycles. The highest BCUT2D eigenvalue weighted by Crippen LogP contribution is 2.67. The molecule has 4 aliphatic carbocycles. The van der Waals surface area contributed by atoms with Gasteiger partial charge in [-0.05, 0) is 110 Å². The average Bonchev–Trinajstić information content (AvgIpc) is 1.19. The molecule has 27 heteroatoms. The van der Waals surface area contributed by atoms with Crippen LogP contribution in [0.4, 0.5) is 0 Å². The van der Waals surface area contributed by atoms with Crippen molar-refractivity contribution in [3.05, 3.63) is 34.9 Å². The van der Waals surface area contributed by atoms with Gasteiger partial charge in [-0.3, -0.25) is 14.4 Å². The van der Waals surface area contributed by atoms with Gasteiger partial charge in [-0.15, -0.1) is 0 Å². The minimum Gasteiger partial charge on any atom is -0.394 e. The standard InChI is InChI=1S/C61H96N2O25/c1-25(2)18-29(68)19-26(3)31-11-12-32-30-10-13-39-59(6,7)40(15-17-61(39,9)33(30)14-16-60(31,32)8)86-58-53(47(74)38(24-81-58)85-54-41(62-27(4)66)48(75)44(71)35(20-64)82-54)87-55-42(63-28(5)67)49(76)46(73)37(84-55)23-80-57-52(43(70)34(69)22-79-57)88-56-51(78)50(77)45(72)36(21-65)83-56/h10,14,18,26,31-32,34-58,64-65,69-78H,11-13,15-17,19-24H2,1-9H3,(H,62,66)(H,63,67)/t26-,31-,32+,34-,35-,36-,37-,38-,39+,40+,41-,42-,43+,44+,45-,46-,47+,48-,49-,50+,51-,52-,53-,54+,55+,56+,57+,58+,60-,61-/m1/s1. The number of aliphatic hydroxyl groups is 12. The van der Waals surface area contributed by atoms with Crippen LogP contribution in [0.15, 0.2) is 34.9 Å². The minimum atomic E-state index is -1.93. The Kier molecular flexibility index (Phi) is 22.0. The third kappa shape index (κ3) is 13.7. The van der Waals surface area contributed by atoms with Gasteiger partial charge in [-0.25, -0.2) is 0 Å². The fraction of sp³-hybridized carbons (Fsp3) is 0.852. The van der Waals surface area contributed by atoms with E-state index >= 15 is 0 Å². The molecule has 0 unspecified atom stereocenters. The van der Waals surface area contributed by atoms with Gasteiger partial charge < -0.3 is 119 Å².